The van der Waals surface area contributed by atoms with Crippen LogP contribution in [0.4, 0.5) is 5.82 Å². The highest BCUT2D eigenvalue weighted by Gasteiger charge is 2.50. The number of rotatable bonds is 9. The molecule has 4 aliphatic rings. The summed E-state index contributed by atoms with van der Waals surface area (Å²) in [6.07, 6.45) is 20.3. The molecule has 0 saturated heterocycles. The van der Waals surface area contributed by atoms with Crippen LogP contribution >= 0.6 is 0 Å². The Labute approximate surface area is 254 Å². The van der Waals surface area contributed by atoms with Gasteiger partial charge in [-0.25, -0.2) is 9.97 Å². The average molecular weight is 568 g/mol. The Morgan fingerprint density at radius 1 is 1.05 bits per heavy atom. The summed E-state index contributed by atoms with van der Waals surface area (Å²) in [5, 5.41) is 0. The third-order valence-electron chi connectivity index (χ3n) is 10.6. The van der Waals surface area contributed by atoms with Gasteiger partial charge < -0.3 is 10.6 Å². The van der Waals surface area contributed by atoms with Crippen molar-refractivity contribution in [3.05, 3.63) is 71.5 Å². The summed E-state index contributed by atoms with van der Waals surface area (Å²) in [4.78, 5) is 16.6. The van der Waals surface area contributed by atoms with Gasteiger partial charge in [0.25, 0.3) is 0 Å². The molecule has 0 amide bonds. The minimum atomic E-state index is -0.182. The summed E-state index contributed by atoms with van der Waals surface area (Å²) in [5.74, 6) is 1.47. The molecule has 5 heteroatoms. The van der Waals surface area contributed by atoms with Gasteiger partial charge in [-0.2, -0.15) is 0 Å². The first-order valence-corrected chi connectivity index (χ1v) is 16.4. The Morgan fingerprint density at radius 3 is 2.33 bits per heavy atom. The largest absolute Gasteiger partial charge is 0.404 e. The number of allylic oxidation sites excluding steroid dienone is 2. The van der Waals surface area contributed by atoms with E-state index in [0.29, 0.717) is 16.7 Å². The second kappa shape index (κ2) is 12.3. The van der Waals surface area contributed by atoms with Crippen LogP contribution in [0.5, 0.6) is 0 Å². The molecule has 42 heavy (non-hydrogen) atoms. The molecule has 4 aliphatic carbocycles. The van der Waals surface area contributed by atoms with E-state index >= 15 is 0 Å². The smallest absolute Gasteiger partial charge is 0.136 e. The summed E-state index contributed by atoms with van der Waals surface area (Å²) >= 11 is 0. The third-order valence-corrected chi connectivity index (χ3v) is 10.6. The van der Waals surface area contributed by atoms with Gasteiger partial charge in [0.2, 0.25) is 0 Å². The van der Waals surface area contributed by atoms with Gasteiger partial charge in [0.1, 0.15) is 12.1 Å². The SMILES string of the molecule is C=C(C1CCCCC1)N(CC12CCC(c3ccc(CC)c(C)c3)(CC1)CC2)c1cc(/C(C=NC(C)(C)C)=C/N)ncn1. The molecule has 0 atom stereocenters. The zero-order valence-electron chi connectivity index (χ0n) is 26.9. The lowest BCUT2D eigenvalue weighted by Gasteiger charge is -2.55. The van der Waals surface area contributed by atoms with E-state index in [9.17, 15) is 0 Å². The van der Waals surface area contributed by atoms with Crippen molar-refractivity contribution in [3.8, 4) is 0 Å². The van der Waals surface area contributed by atoms with Crippen LogP contribution in [0.15, 0.2) is 54.1 Å². The van der Waals surface area contributed by atoms with Crippen molar-refractivity contribution in [2.24, 2.45) is 22.1 Å². The Balaban J connectivity index is 1.41. The van der Waals surface area contributed by atoms with Crippen LogP contribution < -0.4 is 10.6 Å². The first-order valence-electron chi connectivity index (χ1n) is 16.4. The van der Waals surface area contributed by atoms with Crippen molar-refractivity contribution in [1.82, 2.24) is 9.97 Å². The number of aryl methyl sites for hydroxylation is 2. The lowest BCUT2D eigenvalue weighted by Crippen LogP contribution is -2.49. The fraction of sp³-hybridized carbons (Fsp3) is 0.595. The van der Waals surface area contributed by atoms with E-state index in [1.807, 2.05) is 6.21 Å². The highest BCUT2D eigenvalue weighted by molar-refractivity contribution is 6.09. The van der Waals surface area contributed by atoms with Crippen LogP contribution in [0.3, 0.4) is 0 Å². The highest BCUT2D eigenvalue weighted by atomic mass is 15.2. The van der Waals surface area contributed by atoms with Crippen LogP contribution in [0, 0.1) is 18.3 Å². The van der Waals surface area contributed by atoms with E-state index < -0.39 is 0 Å². The van der Waals surface area contributed by atoms with Gasteiger partial charge >= 0.3 is 0 Å². The normalized spacial score (nSPS) is 25.2. The number of aromatic nitrogens is 2. The summed E-state index contributed by atoms with van der Waals surface area (Å²) in [6, 6.07) is 9.43. The summed E-state index contributed by atoms with van der Waals surface area (Å²) in [6.45, 7) is 16.5. The summed E-state index contributed by atoms with van der Waals surface area (Å²) < 4.78 is 0. The number of hydrogen-bond acceptors (Lipinski definition) is 5. The van der Waals surface area contributed by atoms with E-state index in [4.69, 9.17) is 22.3 Å². The molecule has 5 nitrogen and oxygen atoms in total. The van der Waals surface area contributed by atoms with Crippen molar-refractivity contribution < 1.29 is 0 Å². The molecule has 1 heterocycles. The molecule has 4 saturated carbocycles. The molecule has 2 N–H and O–H groups in total. The summed E-state index contributed by atoms with van der Waals surface area (Å²) in [5.41, 5.74) is 13.9. The maximum Gasteiger partial charge on any atom is 0.136 e. The molecule has 6 rings (SSSR count). The summed E-state index contributed by atoms with van der Waals surface area (Å²) in [7, 11) is 0. The van der Waals surface area contributed by atoms with E-state index in [0.717, 1.165) is 30.1 Å². The zero-order chi connectivity index (χ0) is 30.0. The predicted molar refractivity (Wildman–Crippen MR) is 178 cm³/mol. The predicted octanol–water partition coefficient (Wildman–Crippen LogP) is 8.71. The molecular weight excluding hydrogens is 514 g/mol. The Kier molecular flexibility index (Phi) is 8.97. The second-order valence-corrected chi connectivity index (χ2v) is 14.5. The molecule has 1 aromatic heterocycles. The van der Waals surface area contributed by atoms with Crippen molar-refractivity contribution in [2.45, 2.75) is 123 Å². The highest BCUT2D eigenvalue weighted by Crippen LogP contribution is 2.58. The van der Waals surface area contributed by atoms with Crippen LogP contribution in [0.25, 0.3) is 5.57 Å². The lowest BCUT2D eigenvalue weighted by atomic mass is 9.51. The van der Waals surface area contributed by atoms with Gasteiger partial charge in [0.15, 0.2) is 0 Å². The molecule has 2 aromatic rings. The Morgan fingerprint density at radius 2 is 1.74 bits per heavy atom. The number of hydrogen-bond donors (Lipinski definition) is 1. The molecule has 0 spiro atoms. The van der Waals surface area contributed by atoms with Crippen molar-refractivity contribution in [2.75, 3.05) is 11.4 Å². The maximum atomic E-state index is 6.08. The number of nitrogens with two attached hydrogens (primary N) is 1. The topological polar surface area (TPSA) is 67.4 Å². The second-order valence-electron chi connectivity index (χ2n) is 14.5. The van der Waals surface area contributed by atoms with Crippen molar-refractivity contribution >= 4 is 17.6 Å². The van der Waals surface area contributed by atoms with Crippen LogP contribution in [-0.4, -0.2) is 28.3 Å². The molecular formula is C37H53N5. The molecule has 226 valence electrons. The Hall–Kier alpha value is -2.95. The molecule has 0 aliphatic heterocycles. The first-order chi connectivity index (χ1) is 20.1. The van der Waals surface area contributed by atoms with Gasteiger partial charge in [0, 0.05) is 36.3 Å². The first kappa shape index (κ1) is 30.5. The minimum Gasteiger partial charge on any atom is -0.404 e. The van der Waals surface area contributed by atoms with Crippen LogP contribution in [0.2, 0.25) is 0 Å². The molecule has 0 radical (unpaired) electrons. The quantitative estimate of drug-likeness (QED) is 0.308. The van der Waals surface area contributed by atoms with E-state index in [1.54, 1.807) is 18.1 Å². The number of anilines is 1. The number of fused-ring (bicyclic) bond motifs is 3. The van der Waals surface area contributed by atoms with Crippen LogP contribution in [-0.2, 0) is 11.8 Å². The zero-order valence-corrected chi connectivity index (χ0v) is 26.9. The number of aliphatic imine (C=N–C) groups is 1. The minimum absolute atomic E-state index is 0.182. The molecule has 2 bridgehead atoms. The lowest BCUT2D eigenvalue weighted by molar-refractivity contribution is 0.0459. The van der Waals surface area contributed by atoms with Gasteiger partial charge in [-0.05, 0) is 119 Å². The van der Waals surface area contributed by atoms with E-state index in [1.165, 1.54) is 87.5 Å². The molecule has 0 unspecified atom stereocenters. The van der Waals surface area contributed by atoms with Gasteiger partial charge in [-0.15, -0.1) is 0 Å². The van der Waals surface area contributed by atoms with E-state index in [-0.39, 0.29) is 5.54 Å². The fourth-order valence-corrected chi connectivity index (χ4v) is 7.79. The fourth-order valence-electron chi connectivity index (χ4n) is 7.79. The van der Waals surface area contributed by atoms with Crippen molar-refractivity contribution in [1.29, 1.82) is 0 Å². The van der Waals surface area contributed by atoms with E-state index in [2.05, 4.69) is 68.8 Å². The van der Waals surface area contributed by atoms with Crippen molar-refractivity contribution in [3.63, 3.8) is 0 Å². The molecule has 1 aromatic carbocycles. The Bertz CT molecular complexity index is 1300. The maximum absolute atomic E-state index is 6.08. The monoisotopic (exact) mass is 567 g/mol. The standard InChI is InChI=1S/C37H53N5/c1-7-29-13-14-32(21-27(29)2)37-18-15-36(16-19-37,17-20-37)25-42(28(3)30-11-9-8-10-12-30)34-22-33(39-26-40-34)31(23-38)24-41-35(4,5)6/h13-14,21-24,26,30H,3,7-12,15-20,25,38H2,1-2,4-6H3/b31-23+,41-24?. The van der Waals surface area contributed by atoms with Gasteiger partial charge in [-0.3, -0.25) is 4.99 Å². The average Bonchev–Trinajstić information content (AvgIpc) is 3.01. The van der Waals surface area contributed by atoms with Gasteiger partial charge in [-0.1, -0.05) is 51.0 Å². The van der Waals surface area contributed by atoms with Crippen LogP contribution in [0.1, 0.15) is 121 Å². The third kappa shape index (κ3) is 6.50. The number of benzene rings is 1. The molecule has 4 fully saturated rings. The number of nitrogens with zero attached hydrogens (tertiary/aromatic N) is 4. The van der Waals surface area contributed by atoms with Gasteiger partial charge in [0.05, 0.1) is 11.2 Å².